The van der Waals surface area contributed by atoms with Gasteiger partial charge in [0.25, 0.3) is 0 Å². The van der Waals surface area contributed by atoms with Crippen molar-refractivity contribution in [3.05, 3.63) is 12.2 Å². The molecule has 0 aromatic carbocycles. The summed E-state index contributed by atoms with van der Waals surface area (Å²) in [6.45, 7) is 3.79. The number of ether oxygens (including phenoxy) is 2. The molecule has 0 saturated carbocycles. The maximum absolute atomic E-state index is 13.0. The third kappa shape index (κ3) is 31.4. The second kappa shape index (κ2) is 41.0. The van der Waals surface area contributed by atoms with E-state index in [2.05, 4.69) is 19.2 Å². The van der Waals surface area contributed by atoms with Crippen LogP contribution in [0.25, 0.3) is 0 Å². The second-order valence-electron chi connectivity index (χ2n) is 18.0. The zero-order valence-corrected chi connectivity index (χ0v) is 38.5. The van der Waals surface area contributed by atoms with E-state index in [1.807, 2.05) is 6.08 Å². The number of aliphatic hydroxyl groups is 5. The van der Waals surface area contributed by atoms with Crippen LogP contribution in [0.5, 0.6) is 0 Å². The standard InChI is InChI=1S/C50H97NO8/c1-3-5-7-9-11-13-15-17-18-19-20-21-22-23-24-25-26-27-28-30-32-34-36-38-40-46(54)51-43(42-58-50-49(57)48(56)47(55)45(41-52)59-50)44(53)39-37-35-33-31-29-16-14-12-10-8-6-4-2/h37,39,43-45,47-50,52-53,55-57H,3-36,38,40-42H2,1-2H3,(H,51,54)/b39-37+. The molecule has 0 aliphatic carbocycles. The molecule has 0 spiro atoms. The van der Waals surface area contributed by atoms with Crippen LogP contribution in [-0.2, 0) is 14.3 Å². The van der Waals surface area contributed by atoms with Crippen molar-refractivity contribution in [3.63, 3.8) is 0 Å². The molecule has 1 aliphatic heterocycles. The Morgan fingerprint density at radius 1 is 0.559 bits per heavy atom. The normalized spacial score (nSPS) is 20.7. The molecule has 0 radical (unpaired) electrons. The Kier molecular flexibility index (Phi) is 38.9. The van der Waals surface area contributed by atoms with Gasteiger partial charge in [0.1, 0.15) is 24.4 Å². The van der Waals surface area contributed by atoms with Gasteiger partial charge in [0, 0.05) is 6.42 Å². The third-order valence-corrected chi connectivity index (χ3v) is 12.4. The highest BCUT2D eigenvalue weighted by molar-refractivity contribution is 5.76. The lowest BCUT2D eigenvalue weighted by Crippen LogP contribution is -2.60. The van der Waals surface area contributed by atoms with E-state index >= 15 is 0 Å². The van der Waals surface area contributed by atoms with Crippen molar-refractivity contribution in [1.82, 2.24) is 5.32 Å². The SMILES string of the molecule is CCCCCCCCCCCC/C=C/C(O)C(COC1OC(CO)C(O)C(O)C1O)NC(=O)CCCCCCCCCCCCCCCCCCCCCCCCCC. The molecular weight excluding hydrogens is 743 g/mol. The van der Waals surface area contributed by atoms with Gasteiger partial charge in [-0.2, -0.15) is 0 Å². The predicted molar refractivity (Wildman–Crippen MR) is 244 cm³/mol. The monoisotopic (exact) mass is 840 g/mol. The van der Waals surface area contributed by atoms with E-state index in [0.29, 0.717) is 6.42 Å². The second-order valence-corrected chi connectivity index (χ2v) is 18.0. The zero-order chi connectivity index (χ0) is 43.0. The van der Waals surface area contributed by atoms with Crippen molar-refractivity contribution in [2.45, 2.75) is 288 Å². The van der Waals surface area contributed by atoms with Crippen molar-refractivity contribution >= 4 is 5.91 Å². The maximum atomic E-state index is 13.0. The Labute approximate surface area is 363 Å². The van der Waals surface area contributed by atoms with Crippen molar-refractivity contribution < 1.29 is 39.8 Å². The minimum atomic E-state index is -1.56. The average molecular weight is 840 g/mol. The van der Waals surface area contributed by atoms with Crippen LogP contribution >= 0.6 is 0 Å². The summed E-state index contributed by atoms with van der Waals surface area (Å²) in [5.41, 5.74) is 0. The Hall–Kier alpha value is -1.07. The van der Waals surface area contributed by atoms with Gasteiger partial charge < -0.3 is 40.3 Å². The summed E-state index contributed by atoms with van der Waals surface area (Å²) in [5.74, 6) is -0.173. The lowest BCUT2D eigenvalue weighted by molar-refractivity contribution is -0.302. The molecule has 0 bridgehead atoms. The molecule has 0 aromatic rings. The van der Waals surface area contributed by atoms with E-state index in [1.54, 1.807) is 6.08 Å². The van der Waals surface area contributed by atoms with Gasteiger partial charge in [-0.3, -0.25) is 4.79 Å². The average Bonchev–Trinajstić information content (AvgIpc) is 3.23. The van der Waals surface area contributed by atoms with Gasteiger partial charge in [-0.05, 0) is 19.3 Å². The van der Waals surface area contributed by atoms with Crippen molar-refractivity contribution in [1.29, 1.82) is 0 Å². The molecule has 1 amide bonds. The first-order valence-corrected chi connectivity index (χ1v) is 25.4. The molecule has 59 heavy (non-hydrogen) atoms. The topological polar surface area (TPSA) is 149 Å². The summed E-state index contributed by atoms with van der Waals surface area (Å²) >= 11 is 0. The molecule has 1 saturated heterocycles. The van der Waals surface area contributed by atoms with Crippen molar-refractivity contribution in [2.24, 2.45) is 0 Å². The highest BCUT2D eigenvalue weighted by atomic mass is 16.7. The number of nitrogens with one attached hydrogen (secondary N) is 1. The fraction of sp³-hybridized carbons (Fsp3) is 0.940. The Morgan fingerprint density at radius 2 is 0.932 bits per heavy atom. The molecule has 6 N–H and O–H groups in total. The van der Waals surface area contributed by atoms with Crippen LogP contribution < -0.4 is 5.32 Å². The van der Waals surface area contributed by atoms with Crippen molar-refractivity contribution in [3.8, 4) is 0 Å². The maximum Gasteiger partial charge on any atom is 0.220 e. The zero-order valence-electron chi connectivity index (χ0n) is 38.5. The summed E-state index contributed by atoms with van der Waals surface area (Å²) in [6.07, 6.45) is 41.3. The lowest BCUT2D eigenvalue weighted by Gasteiger charge is -2.40. The highest BCUT2D eigenvalue weighted by Gasteiger charge is 2.44. The number of carbonyl (C=O) groups excluding carboxylic acids is 1. The van der Waals surface area contributed by atoms with Crippen LogP contribution in [0.3, 0.4) is 0 Å². The van der Waals surface area contributed by atoms with Gasteiger partial charge in [-0.1, -0.05) is 231 Å². The van der Waals surface area contributed by atoms with Gasteiger partial charge in [0.05, 0.1) is 25.4 Å². The summed E-state index contributed by atoms with van der Waals surface area (Å²) in [4.78, 5) is 13.0. The minimum absolute atomic E-state index is 0.173. The number of carbonyl (C=O) groups is 1. The van der Waals surface area contributed by atoms with Crippen LogP contribution in [0.2, 0.25) is 0 Å². The van der Waals surface area contributed by atoms with Crippen molar-refractivity contribution in [2.75, 3.05) is 13.2 Å². The molecule has 9 nitrogen and oxygen atoms in total. The smallest absolute Gasteiger partial charge is 0.220 e. The van der Waals surface area contributed by atoms with Gasteiger partial charge in [0.2, 0.25) is 5.91 Å². The van der Waals surface area contributed by atoms with E-state index in [9.17, 15) is 30.3 Å². The van der Waals surface area contributed by atoms with Crippen LogP contribution in [-0.4, -0.2) is 87.5 Å². The van der Waals surface area contributed by atoms with Crippen LogP contribution in [0, 0.1) is 0 Å². The molecule has 1 fully saturated rings. The minimum Gasteiger partial charge on any atom is -0.394 e. The van der Waals surface area contributed by atoms with E-state index in [1.165, 1.54) is 186 Å². The Morgan fingerprint density at radius 3 is 1.32 bits per heavy atom. The molecule has 7 atom stereocenters. The number of hydrogen-bond donors (Lipinski definition) is 6. The summed E-state index contributed by atoms with van der Waals surface area (Å²) in [6, 6.07) is -0.798. The fourth-order valence-corrected chi connectivity index (χ4v) is 8.28. The molecule has 350 valence electrons. The lowest BCUT2D eigenvalue weighted by atomic mass is 9.99. The Balaban J connectivity index is 2.21. The van der Waals surface area contributed by atoms with E-state index in [-0.39, 0.29) is 12.5 Å². The van der Waals surface area contributed by atoms with Crippen LogP contribution in [0.1, 0.15) is 245 Å². The first-order valence-electron chi connectivity index (χ1n) is 25.4. The number of aliphatic hydroxyl groups excluding tert-OH is 5. The molecular formula is C50H97NO8. The van der Waals surface area contributed by atoms with Gasteiger partial charge >= 0.3 is 0 Å². The molecule has 1 aliphatic rings. The van der Waals surface area contributed by atoms with Gasteiger partial charge in [-0.25, -0.2) is 0 Å². The molecule has 1 rings (SSSR count). The van der Waals surface area contributed by atoms with E-state index < -0.39 is 49.5 Å². The van der Waals surface area contributed by atoms with E-state index in [4.69, 9.17) is 9.47 Å². The van der Waals surface area contributed by atoms with Crippen LogP contribution in [0.4, 0.5) is 0 Å². The van der Waals surface area contributed by atoms with Gasteiger partial charge in [-0.15, -0.1) is 0 Å². The number of unbranched alkanes of at least 4 members (excludes halogenated alkanes) is 33. The highest BCUT2D eigenvalue weighted by Crippen LogP contribution is 2.23. The molecule has 0 aromatic heterocycles. The van der Waals surface area contributed by atoms with E-state index in [0.717, 1.165) is 38.5 Å². The summed E-state index contributed by atoms with van der Waals surface area (Å²) < 4.78 is 11.2. The Bertz CT molecular complexity index is 935. The first kappa shape index (κ1) is 55.9. The quantitative estimate of drug-likeness (QED) is 0.0263. The first-order chi connectivity index (χ1) is 28.8. The number of allylic oxidation sites excluding steroid dienone is 1. The number of hydrogen-bond acceptors (Lipinski definition) is 8. The predicted octanol–water partition coefficient (Wildman–Crippen LogP) is 11.3. The number of amides is 1. The molecule has 1 heterocycles. The summed E-state index contributed by atoms with van der Waals surface area (Å²) in [7, 11) is 0. The fourth-order valence-electron chi connectivity index (χ4n) is 8.28. The third-order valence-electron chi connectivity index (χ3n) is 12.4. The van der Waals surface area contributed by atoms with Crippen LogP contribution in [0.15, 0.2) is 12.2 Å². The largest absolute Gasteiger partial charge is 0.394 e. The number of rotatable bonds is 43. The van der Waals surface area contributed by atoms with Gasteiger partial charge in [0.15, 0.2) is 6.29 Å². The molecule has 7 unspecified atom stereocenters. The molecule has 9 heteroatoms. The summed E-state index contributed by atoms with van der Waals surface area (Å²) in [5, 5.41) is 54.2.